The molecule has 0 N–H and O–H groups in total. The van der Waals surface area contributed by atoms with Crippen LogP contribution >= 0.6 is 0 Å². The first-order valence-corrected chi connectivity index (χ1v) is 11.8. The smallest absolute Gasteiger partial charge is 0.0527 e. The van der Waals surface area contributed by atoms with Gasteiger partial charge < -0.3 is 9.47 Å². The van der Waals surface area contributed by atoms with Gasteiger partial charge in [0.2, 0.25) is 0 Å². The quantitative estimate of drug-likeness (QED) is 0.777. The number of ether oxygens (including phenoxy) is 2. The monoisotopic (exact) mass is 348 g/mol. The van der Waals surface area contributed by atoms with Crippen LogP contribution in [-0.2, 0) is 9.47 Å². The van der Waals surface area contributed by atoms with E-state index in [0.29, 0.717) is 10.8 Å². The lowest BCUT2D eigenvalue weighted by Crippen LogP contribution is -2.43. The molecule has 0 heterocycles. The highest BCUT2D eigenvalue weighted by Gasteiger charge is 3.04. The third-order valence-corrected chi connectivity index (χ3v) is 14.8. The first-order chi connectivity index (χ1) is 12.9. The molecule has 0 aliphatic heterocycles. The lowest BCUT2D eigenvalue weighted by Gasteiger charge is -2.42. The molecule has 0 bridgehead atoms. The predicted molar refractivity (Wildman–Crippen MR) is 91.4 cm³/mol. The zero-order valence-corrected chi connectivity index (χ0v) is 15.6. The van der Waals surface area contributed by atoms with Crippen LogP contribution in [0.2, 0.25) is 0 Å². The van der Waals surface area contributed by atoms with E-state index < -0.39 is 0 Å². The molecule has 0 spiro atoms. The summed E-state index contributed by atoms with van der Waals surface area (Å²) in [6.45, 7) is 2.29. The summed E-state index contributed by atoms with van der Waals surface area (Å²) in [5, 5.41) is 0. The van der Waals surface area contributed by atoms with Crippen LogP contribution in [-0.4, -0.2) is 27.4 Å². The Morgan fingerprint density at radius 3 is 1.00 bits per heavy atom. The van der Waals surface area contributed by atoms with E-state index in [4.69, 9.17) is 9.47 Å². The van der Waals surface area contributed by atoms with Crippen LogP contribution in [0, 0.1) is 117 Å². The predicted octanol–water partition coefficient (Wildman–Crippen LogP) is 2.49. The summed E-state index contributed by atoms with van der Waals surface area (Å²) in [4.78, 5) is 0. The molecule has 2 heteroatoms. The molecule has 12 aliphatic carbocycles. The second-order valence-corrected chi connectivity index (χ2v) is 13.2. The van der Waals surface area contributed by atoms with Crippen LogP contribution in [0.5, 0.6) is 0 Å². The average Bonchev–Trinajstić information content (AvgIpc) is 3.33. The van der Waals surface area contributed by atoms with E-state index in [1.807, 2.05) is 14.2 Å². The van der Waals surface area contributed by atoms with Gasteiger partial charge in [-0.2, -0.15) is 0 Å². The Hall–Kier alpha value is -0.0800. The van der Waals surface area contributed by atoms with Crippen molar-refractivity contribution in [3.63, 3.8) is 0 Å². The molecule has 12 atom stereocenters. The molecule has 2 nitrogen and oxygen atoms in total. The Morgan fingerprint density at radius 2 is 0.692 bits per heavy atom. The van der Waals surface area contributed by atoms with E-state index in [0.717, 1.165) is 84.2 Å². The third-order valence-electron chi connectivity index (χ3n) is 14.8. The first-order valence-electron chi connectivity index (χ1n) is 11.8. The van der Waals surface area contributed by atoms with Crippen LogP contribution < -0.4 is 0 Å². The summed E-state index contributed by atoms with van der Waals surface area (Å²) >= 11 is 0. The van der Waals surface area contributed by atoms with Crippen LogP contribution in [0.1, 0.15) is 0 Å². The van der Waals surface area contributed by atoms with E-state index in [9.17, 15) is 0 Å². The van der Waals surface area contributed by atoms with Gasteiger partial charge in [-0.1, -0.05) is 0 Å². The number of methoxy groups -OCH3 is 2. The van der Waals surface area contributed by atoms with Crippen molar-refractivity contribution in [1.82, 2.24) is 0 Å². The minimum absolute atomic E-state index is 0.668. The Labute approximate surface area is 154 Å². The lowest BCUT2D eigenvalue weighted by molar-refractivity contribution is -0.0338. The second-order valence-electron chi connectivity index (χ2n) is 13.2. The molecule has 0 saturated heterocycles. The molecule has 12 fully saturated rings. The Morgan fingerprint density at radius 1 is 0.423 bits per heavy atom. The van der Waals surface area contributed by atoms with Crippen molar-refractivity contribution < 1.29 is 9.47 Å². The van der Waals surface area contributed by atoms with Gasteiger partial charge in [0.1, 0.15) is 0 Å². The standard InChI is InChI=1S/C24H28O2/c1-25-3-23-17-7-5-6-8(17)12-14-10(6)18-9(5)13-11(7)19(23)15-16(20(12)23)22(14)24(18,4-26-2)21(13)15/h5-22H,3-4H2,1-2H3. The molecule has 136 valence electrons. The average molecular weight is 348 g/mol. The van der Waals surface area contributed by atoms with Gasteiger partial charge in [-0.05, 0) is 107 Å². The summed E-state index contributed by atoms with van der Waals surface area (Å²) in [6.07, 6.45) is 0. The maximum atomic E-state index is 6.13. The highest BCUT2D eigenvalue weighted by molar-refractivity contribution is 5.50. The second kappa shape index (κ2) is 2.92. The highest BCUT2D eigenvalue weighted by atomic mass is 16.5. The van der Waals surface area contributed by atoms with E-state index in [2.05, 4.69) is 0 Å². The van der Waals surface area contributed by atoms with Crippen LogP contribution in [0.25, 0.3) is 0 Å². The topological polar surface area (TPSA) is 18.5 Å². The zero-order chi connectivity index (χ0) is 16.2. The van der Waals surface area contributed by atoms with E-state index in [1.165, 1.54) is 35.5 Å². The fourth-order valence-corrected chi connectivity index (χ4v) is 17.1. The molecule has 0 amide bonds. The van der Waals surface area contributed by atoms with Crippen molar-refractivity contribution in [2.75, 3.05) is 27.4 Å². The van der Waals surface area contributed by atoms with Gasteiger partial charge in [0.15, 0.2) is 0 Å². The van der Waals surface area contributed by atoms with Crippen molar-refractivity contribution in [2.45, 2.75) is 0 Å². The van der Waals surface area contributed by atoms with E-state index in [-0.39, 0.29) is 0 Å². The number of rotatable bonds is 4. The summed E-state index contributed by atoms with van der Waals surface area (Å²) in [7, 11) is 4.06. The van der Waals surface area contributed by atoms with Crippen molar-refractivity contribution in [3.8, 4) is 0 Å². The zero-order valence-electron chi connectivity index (χ0n) is 15.6. The van der Waals surface area contributed by atoms with Gasteiger partial charge in [0.05, 0.1) is 13.2 Å². The maximum absolute atomic E-state index is 6.13. The van der Waals surface area contributed by atoms with Crippen molar-refractivity contribution >= 4 is 0 Å². The molecule has 0 aromatic carbocycles. The summed E-state index contributed by atoms with van der Waals surface area (Å²) in [5.41, 5.74) is 1.34. The van der Waals surface area contributed by atoms with E-state index in [1.54, 1.807) is 0 Å². The van der Waals surface area contributed by atoms with Crippen LogP contribution in [0.15, 0.2) is 0 Å². The molecular weight excluding hydrogens is 320 g/mol. The molecule has 0 aromatic heterocycles. The van der Waals surface area contributed by atoms with Gasteiger partial charge in [-0.3, -0.25) is 0 Å². The first kappa shape index (κ1) is 12.5. The van der Waals surface area contributed by atoms with Gasteiger partial charge in [0, 0.05) is 25.0 Å². The van der Waals surface area contributed by atoms with Crippen molar-refractivity contribution in [3.05, 3.63) is 0 Å². The van der Waals surface area contributed by atoms with Gasteiger partial charge in [-0.15, -0.1) is 0 Å². The minimum Gasteiger partial charge on any atom is -0.384 e. The molecule has 0 aromatic rings. The van der Waals surface area contributed by atoms with Crippen LogP contribution in [0.3, 0.4) is 0 Å². The molecule has 12 saturated carbocycles. The maximum Gasteiger partial charge on any atom is 0.0527 e. The summed E-state index contributed by atoms with van der Waals surface area (Å²) < 4.78 is 12.3. The molecule has 12 rings (SSSR count). The molecule has 26 heavy (non-hydrogen) atoms. The third kappa shape index (κ3) is 0.642. The Bertz CT molecular complexity index is 742. The number of hydrogen-bond donors (Lipinski definition) is 0. The fourth-order valence-electron chi connectivity index (χ4n) is 17.1. The SMILES string of the molecule is COCC12C3C4C5C6C3C3C7C6C6C5C5C4C1C1C(C32)C7C6(COC)C51. The van der Waals surface area contributed by atoms with Crippen molar-refractivity contribution in [1.29, 1.82) is 0 Å². The Kier molecular flexibility index (Phi) is 1.40. The molecular formula is C24H28O2. The largest absolute Gasteiger partial charge is 0.384 e. The van der Waals surface area contributed by atoms with E-state index >= 15 is 0 Å². The lowest BCUT2D eigenvalue weighted by atomic mass is 9.63. The molecule has 12 aliphatic rings. The number of hydrogen-bond acceptors (Lipinski definition) is 2. The van der Waals surface area contributed by atoms with Crippen LogP contribution in [0.4, 0.5) is 0 Å². The van der Waals surface area contributed by atoms with Gasteiger partial charge >= 0.3 is 0 Å². The van der Waals surface area contributed by atoms with Gasteiger partial charge in [0.25, 0.3) is 0 Å². The summed E-state index contributed by atoms with van der Waals surface area (Å²) in [6, 6.07) is 0. The van der Waals surface area contributed by atoms with Crippen molar-refractivity contribution in [2.24, 2.45) is 117 Å². The summed E-state index contributed by atoms with van der Waals surface area (Å²) in [5.74, 6) is 20.6. The fraction of sp³-hybridized carbons (Fsp3) is 1.00. The molecule has 12 unspecified atom stereocenters. The normalized spacial score (nSPS) is 91.6. The minimum atomic E-state index is 0.668. The molecule has 0 radical (unpaired) electrons. The highest BCUT2D eigenvalue weighted by Crippen LogP contribution is 3.06. The van der Waals surface area contributed by atoms with Gasteiger partial charge in [-0.25, -0.2) is 0 Å². The Balaban J connectivity index is 1.35.